The van der Waals surface area contributed by atoms with Gasteiger partial charge in [0.25, 0.3) is 0 Å². The topological polar surface area (TPSA) is 117 Å². The summed E-state index contributed by atoms with van der Waals surface area (Å²) in [4.78, 5) is 61.0. The zero-order valence-electron chi connectivity index (χ0n) is 26.1. The number of hydrogen-bond acceptors (Lipinski definition) is 7. The summed E-state index contributed by atoms with van der Waals surface area (Å²) in [6, 6.07) is 7.73. The predicted molar refractivity (Wildman–Crippen MR) is 163 cm³/mol. The summed E-state index contributed by atoms with van der Waals surface area (Å²) in [5.41, 5.74) is -0.547. The number of cyclic esters (lactones) is 1. The Morgan fingerprint density at radius 2 is 1.77 bits per heavy atom. The van der Waals surface area contributed by atoms with E-state index in [0.29, 0.717) is 38.8 Å². The minimum absolute atomic E-state index is 0.0551. The van der Waals surface area contributed by atoms with E-state index in [1.165, 1.54) is 0 Å². The molecule has 0 aromatic heterocycles. The Morgan fingerprint density at radius 1 is 1.02 bits per heavy atom. The number of rotatable bonds is 7. The molecule has 0 aliphatic carbocycles. The molecule has 10 nitrogen and oxygen atoms in total. The first-order chi connectivity index (χ1) is 21.1. The zero-order valence-corrected chi connectivity index (χ0v) is 26.1. The Bertz CT molecular complexity index is 1300. The quantitative estimate of drug-likeness (QED) is 0.288. The van der Waals surface area contributed by atoms with Gasteiger partial charge in [-0.2, -0.15) is 0 Å². The highest BCUT2D eigenvalue weighted by molar-refractivity contribution is 5.99. The van der Waals surface area contributed by atoms with E-state index < -0.39 is 47.7 Å². The lowest BCUT2D eigenvalue weighted by Crippen LogP contribution is -2.57. The van der Waals surface area contributed by atoms with E-state index in [0.717, 1.165) is 5.56 Å². The van der Waals surface area contributed by atoms with Crippen LogP contribution in [0.15, 0.2) is 54.6 Å². The van der Waals surface area contributed by atoms with Gasteiger partial charge in [-0.3, -0.25) is 19.2 Å². The van der Waals surface area contributed by atoms with E-state index in [4.69, 9.17) is 9.47 Å². The lowest BCUT2D eigenvalue weighted by Gasteiger charge is -2.37. The molecule has 1 aromatic carbocycles. The molecule has 1 N–H and O–H groups in total. The van der Waals surface area contributed by atoms with Gasteiger partial charge in [-0.05, 0) is 52.0 Å². The van der Waals surface area contributed by atoms with Crippen molar-refractivity contribution in [3.63, 3.8) is 0 Å². The van der Waals surface area contributed by atoms with Crippen LogP contribution in [0, 0.1) is 11.8 Å². The third-order valence-electron chi connectivity index (χ3n) is 9.65. The molecule has 7 atom stereocenters. The molecule has 5 rings (SSSR count). The van der Waals surface area contributed by atoms with Crippen molar-refractivity contribution in [1.82, 2.24) is 14.7 Å². The van der Waals surface area contributed by atoms with Crippen LogP contribution in [0.25, 0.3) is 0 Å². The largest absolute Gasteiger partial charge is 0.455 e. The number of fused-ring (bicyclic) bond motifs is 2. The summed E-state index contributed by atoms with van der Waals surface area (Å²) in [5, 5.41) is 9.29. The minimum Gasteiger partial charge on any atom is -0.455 e. The van der Waals surface area contributed by atoms with Crippen molar-refractivity contribution in [3.8, 4) is 0 Å². The first-order valence-electron chi connectivity index (χ1n) is 15.9. The van der Waals surface area contributed by atoms with E-state index in [9.17, 15) is 24.3 Å². The Balaban J connectivity index is 1.57. The van der Waals surface area contributed by atoms with Gasteiger partial charge in [0, 0.05) is 39.2 Å². The van der Waals surface area contributed by atoms with Crippen molar-refractivity contribution in [1.29, 1.82) is 0 Å². The lowest BCUT2D eigenvalue weighted by atomic mass is 9.74. The van der Waals surface area contributed by atoms with Gasteiger partial charge in [-0.25, -0.2) is 0 Å². The van der Waals surface area contributed by atoms with Crippen LogP contribution < -0.4 is 0 Å². The Hall–Kier alpha value is -3.50. The van der Waals surface area contributed by atoms with Gasteiger partial charge in [-0.1, -0.05) is 54.6 Å². The number of likely N-dealkylation sites (N-methyl/N-ethyl adjacent to an activating group) is 1. The van der Waals surface area contributed by atoms with Gasteiger partial charge in [-0.15, -0.1) is 0 Å². The summed E-state index contributed by atoms with van der Waals surface area (Å²) in [6.45, 7) is 6.40. The monoisotopic (exact) mass is 607 g/mol. The van der Waals surface area contributed by atoms with Crippen LogP contribution in [-0.2, 0) is 28.7 Å². The molecule has 2 saturated heterocycles. The maximum Gasteiger partial charge on any atom is 0.313 e. The first-order valence-corrected chi connectivity index (χ1v) is 15.9. The fraction of sp³-hybridized carbons (Fsp3) is 0.588. The summed E-state index contributed by atoms with van der Waals surface area (Å²) < 4.78 is 12.8. The number of hydrogen-bond donors (Lipinski definition) is 1. The lowest BCUT2D eigenvalue weighted by molar-refractivity contribution is -0.164. The van der Waals surface area contributed by atoms with Gasteiger partial charge in [0.1, 0.15) is 23.7 Å². The first kappa shape index (κ1) is 31.9. The van der Waals surface area contributed by atoms with Crippen molar-refractivity contribution in [3.05, 3.63) is 60.2 Å². The number of benzene rings is 1. The predicted octanol–water partition coefficient (Wildman–Crippen LogP) is 3.02. The standard InChI is InChI=1S/C34H45N3O7/c1-22(2)36-19-11-6-10-16-26(39)35(4)23(3)29(24-14-8-5-9-15-24)43-33(42)27-25-17-18-34(44-25)28(27)31(40)37(30(34)32(36)41)20-12-7-13-21-38/h5-6,8-9,11,14-15,17-18,22-23,25,27-30,38H,7,10,12-13,16,19-21H2,1-4H3/b11-6-/t23-,25+,27-,28-,29+,30+,34-/m1/s1. The summed E-state index contributed by atoms with van der Waals surface area (Å²) in [5.74, 6) is -3.05. The summed E-state index contributed by atoms with van der Waals surface area (Å²) >= 11 is 0. The van der Waals surface area contributed by atoms with Crippen LogP contribution in [-0.4, -0.2) is 100 Å². The van der Waals surface area contributed by atoms with Crippen LogP contribution >= 0.6 is 0 Å². The van der Waals surface area contributed by atoms with Crippen molar-refractivity contribution >= 4 is 23.7 Å². The number of allylic oxidation sites excluding steroid dienone is 1. The molecule has 238 valence electrons. The van der Waals surface area contributed by atoms with Gasteiger partial charge < -0.3 is 29.3 Å². The van der Waals surface area contributed by atoms with Gasteiger partial charge in [0.2, 0.25) is 17.7 Å². The van der Waals surface area contributed by atoms with Crippen molar-refractivity contribution in [2.45, 2.75) is 88.8 Å². The van der Waals surface area contributed by atoms with E-state index in [1.807, 2.05) is 69.3 Å². The second-order valence-electron chi connectivity index (χ2n) is 12.6. The number of esters is 1. The number of unbranched alkanes of at least 4 members (excludes halogenated alkanes) is 2. The average molecular weight is 608 g/mol. The minimum atomic E-state index is -1.29. The highest BCUT2D eigenvalue weighted by atomic mass is 16.6. The van der Waals surface area contributed by atoms with Crippen LogP contribution in [0.3, 0.4) is 0 Å². The summed E-state index contributed by atoms with van der Waals surface area (Å²) in [6.07, 6.45) is 8.59. The van der Waals surface area contributed by atoms with Crippen LogP contribution in [0.4, 0.5) is 0 Å². The highest BCUT2D eigenvalue weighted by Crippen LogP contribution is 2.56. The van der Waals surface area contributed by atoms with Crippen LogP contribution in [0.5, 0.6) is 0 Å². The Morgan fingerprint density at radius 3 is 2.48 bits per heavy atom. The van der Waals surface area contributed by atoms with E-state index >= 15 is 0 Å². The SMILES string of the molecule is CC(C)N1C/C=C\CCC(=O)N(C)[C@H](C)[C@@H](c2ccccc2)OC(=O)[C@@H]2[C@@H]3C=C[C@]4(O3)[C@H](C1=O)N(CCCCCO)C(=O)[C@@H]24. The van der Waals surface area contributed by atoms with Gasteiger partial charge in [0.05, 0.1) is 18.1 Å². The van der Waals surface area contributed by atoms with Gasteiger partial charge >= 0.3 is 5.97 Å². The fourth-order valence-electron chi connectivity index (χ4n) is 7.15. The molecular formula is C34H45N3O7. The zero-order chi connectivity index (χ0) is 31.6. The molecule has 5 bridgehead atoms. The molecule has 44 heavy (non-hydrogen) atoms. The molecule has 10 heteroatoms. The number of amides is 3. The van der Waals surface area contributed by atoms with Crippen molar-refractivity contribution in [2.24, 2.45) is 11.8 Å². The molecule has 1 spiro atoms. The van der Waals surface area contributed by atoms with Crippen molar-refractivity contribution in [2.75, 3.05) is 26.7 Å². The average Bonchev–Trinajstić information content (AvgIpc) is 3.65. The molecular weight excluding hydrogens is 562 g/mol. The molecule has 0 unspecified atom stereocenters. The molecule has 1 aromatic rings. The Labute approximate surface area is 259 Å². The number of aliphatic hydroxyl groups is 1. The highest BCUT2D eigenvalue weighted by Gasteiger charge is 2.73. The number of ether oxygens (including phenoxy) is 2. The van der Waals surface area contributed by atoms with Crippen molar-refractivity contribution < 1.29 is 33.8 Å². The number of aliphatic hydroxyl groups excluding tert-OH is 1. The van der Waals surface area contributed by atoms with Gasteiger partial charge in [0.15, 0.2) is 0 Å². The fourth-order valence-corrected chi connectivity index (χ4v) is 7.15. The maximum atomic E-state index is 14.4. The van der Waals surface area contributed by atoms with Crippen LogP contribution in [0.1, 0.15) is 64.5 Å². The smallest absolute Gasteiger partial charge is 0.313 e. The molecule has 2 fully saturated rings. The van der Waals surface area contributed by atoms with E-state index in [-0.39, 0.29) is 36.8 Å². The third kappa shape index (κ3) is 5.70. The number of nitrogens with zero attached hydrogens (tertiary/aromatic N) is 3. The second-order valence-corrected chi connectivity index (χ2v) is 12.6. The third-order valence-corrected chi connectivity index (χ3v) is 9.65. The number of likely N-dealkylation sites (tertiary alicyclic amines) is 1. The molecule has 0 saturated carbocycles. The molecule has 3 amide bonds. The Kier molecular flexibility index (Phi) is 9.60. The molecule has 4 heterocycles. The maximum absolute atomic E-state index is 14.4. The second kappa shape index (κ2) is 13.2. The molecule has 4 aliphatic rings. The molecule has 4 aliphatic heterocycles. The molecule has 0 radical (unpaired) electrons. The van der Waals surface area contributed by atoms with Crippen LogP contribution in [0.2, 0.25) is 0 Å². The number of carbonyl (C=O) groups is 4. The van der Waals surface area contributed by atoms with E-state index in [2.05, 4.69) is 0 Å². The number of carbonyl (C=O) groups excluding carboxylic acids is 4. The van der Waals surface area contributed by atoms with E-state index in [1.54, 1.807) is 27.8 Å². The normalized spacial score (nSPS) is 33.4. The summed E-state index contributed by atoms with van der Waals surface area (Å²) in [7, 11) is 1.71.